The molecule has 88 valence electrons. The molecule has 0 spiro atoms. The number of rotatable bonds is 0. The molecule has 0 amide bonds. The van der Waals surface area contributed by atoms with Gasteiger partial charge in [-0.05, 0) is 36.1 Å². The van der Waals surface area contributed by atoms with Crippen molar-refractivity contribution in [3.05, 3.63) is 33.5 Å². The van der Waals surface area contributed by atoms with Crippen LogP contribution in [0.1, 0.15) is 37.9 Å². The smallest absolute Gasteiger partial charge is 0.128 e. The molecule has 1 aromatic carbocycles. The summed E-state index contributed by atoms with van der Waals surface area (Å²) in [4.78, 5) is 0. The molecule has 0 aromatic heterocycles. The zero-order chi connectivity index (χ0) is 11.9. The topological polar surface area (TPSA) is 12.0 Å². The second kappa shape index (κ2) is 4.11. The summed E-state index contributed by atoms with van der Waals surface area (Å²) in [5, 5.41) is 3.42. The SMILES string of the molecule is CC(C)(C)C1NCCc2c(Br)ccc(F)c21. The first-order valence-electron chi connectivity index (χ1n) is 5.61. The van der Waals surface area contributed by atoms with Gasteiger partial charge in [0, 0.05) is 16.1 Å². The van der Waals surface area contributed by atoms with Crippen molar-refractivity contribution in [2.24, 2.45) is 5.41 Å². The Kier molecular flexibility index (Phi) is 3.10. The van der Waals surface area contributed by atoms with Crippen LogP contribution in [0, 0.1) is 11.2 Å². The van der Waals surface area contributed by atoms with Crippen LogP contribution in [0.4, 0.5) is 4.39 Å². The Bertz CT molecular complexity index is 409. The molecule has 3 heteroatoms. The molecule has 0 radical (unpaired) electrons. The summed E-state index contributed by atoms with van der Waals surface area (Å²) >= 11 is 3.52. The molecule has 1 aromatic rings. The second-order valence-corrected chi connectivity index (χ2v) is 6.28. The van der Waals surface area contributed by atoms with Gasteiger partial charge < -0.3 is 5.32 Å². The lowest BCUT2D eigenvalue weighted by atomic mass is 9.78. The summed E-state index contributed by atoms with van der Waals surface area (Å²) in [6.45, 7) is 7.33. The van der Waals surface area contributed by atoms with Crippen LogP contribution in [0.15, 0.2) is 16.6 Å². The van der Waals surface area contributed by atoms with E-state index >= 15 is 0 Å². The normalized spacial score (nSPS) is 20.7. The Morgan fingerprint density at radius 3 is 2.69 bits per heavy atom. The third-order valence-electron chi connectivity index (χ3n) is 3.12. The molecule has 1 aliphatic heterocycles. The van der Waals surface area contributed by atoms with Gasteiger partial charge in [-0.25, -0.2) is 4.39 Å². The maximum atomic E-state index is 14.0. The van der Waals surface area contributed by atoms with E-state index in [1.54, 1.807) is 12.1 Å². The van der Waals surface area contributed by atoms with Crippen molar-refractivity contribution < 1.29 is 4.39 Å². The Balaban J connectivity index is 2.58. The van der Waals surface area contributed by atoms with E-state index in [1.165, 1.54) is 0 Å². The zero-order valence-corrected chi connectivity index (χ0v) is 11.5. The minimum absolute atomic E-state index is 0.0246. The van der Waals surface area contributed by atoms with E-state index in [-0.39, 0.29) is 17.3 Å². The second-order valence-electron chi connectivity index (χ2n) is 5.42. The van der Waals surface area contributed by atoms with E-state index in [0.717, 1.165) is 28.6 Å². The first kappa shape index (κ1) is 12.1. The van der Waals surface area contributed by atoms with Crippen molar-refractivity contribution in [3.63, 3.8) is 0 Å². The van der Waals surface area contributed by atoms with Crippen LogP contribution < -0.4 is 5.32 Å². The van der Waals surface area contributed by atoms with Gasteiger partial charge in [-0.3, -0.25) is 0 Å². The molecule has 0 aliphatic carbocycles. The van der Waals surface area contributed by atoms with Crippen LogP contribution in [0.3, 0.4) is 0 Å². The van der Waals surface area contributed by atoms with E-state index < -0.39 is 0 Å². The van der Waals surface area contributed by atoms with E-state index in [1.807, 2.05) is 0 Å². The molecule has 16 heavy (non-hydrogen) atoms. The quantitative estimate of drug-likeness (QED) is 0.764. The van der Waals surface area contributed by atoms with Crippen molar-refractivity contribution in [1.29, 1.82) is 0 Å². The third kappa shape index (κ3) is 2.03. The number of benzene rings is 1. The first-order valence-corrected chi connectivity index (χ1v) is 6.40. The van der Waals surface area contributed by atoms with Crippen LogP contribution in [0.5, 0.6) is 0 Å². The molecule has 1 nitrogen and oxygen atoms in total. The van der Waals surface area contributed by atoms with Gasteiger partial charge >= 0.3 is 0 Å². The molecule has 1 unspecified atom stereocenters. The van der Waals surface area contributed by atoms with Gasteiger partial charge in [0.15, 0.2) is 0 Å². The maximum Gasteiger partial charge on any atom is 0.128 e. The lowest BCUT2D eigenvalue weighted by Gasteiger charge is -2.37. The highest BCUT2D eigenvalue weighted by Gasteiger charge is 2.33. The first-order chi connectivity index (χ1) is 7.41. The summed E-state index contributed by atoms with van der Waals surface area (Å²) in [7, 11) is 0. The van der Waals surface area contributed by atoms with Gasteiger partial charge in [-0.1, -0.05) is 36.7 Å². The predicted molar refractivity (Wildman–Crippen MR) is 68.0 cm³/mol. The molecular formula is C13H17BrFN. The third-order valence-corrected chi connectivity index (χ3v) is 3.87. The number of hydrogen-bond acceptors (Lipinski definition) is 1. The van der Waals surface area contributed by atoms with Gasteiger partial charge in [0.25, 0.3) is 0 Å². The van der Waals surface area contributed by atoms with Crippen LogP contribution in [0.25, 0.3) is 0 Å². The van der Waals surface area contributed by atoms with Crippen LogP contribution >= 0.6 is 15.9 Å². The molecule has 0 saturated carbocycles. The molecule has 1 heterocycles. The fourth-order valence-corrected chi connectivity index (χ4v) is 2.90. The Morgan fingerprint density at radius 1 is 1.38 bits per heavy atom. The van der Waals surface area contributed by atoms with Crippen molar-refractivity contribution >= 4 is 15.9 Å². The van der Waals surface area contributed by atoms with Crippen LogP contribution in [-0.2, 0) is 6.42 Å². The van der Waals surface area contributed by atoms with E-state index in [4.69, 9.17) is 0 Å². The van der Waals surface area contributed by atoms with Gasteiger partial charge in [-0.2, -0.15) is 0 Å². The highest BCUT2D eigenvalue weighted by atomic mass is 79.9. The van der Waals surface area contributed by atoms with Crippen molar-refractivity contribution in [2.45, 2.75) is 33.2 Å². The Hall–Kier alpha value is -0.410. The largest absolute Gasteiger partial charge is 0.309 e. The molecular weight excluding hydrogens is 269 g/mol. The van der Waals surface area contributed by atoms with Gasteiger partial charge in [-0.15, -0.1) is 0 Å². The average Bonchev–Trinajstić information content (AvgIpc) is 2.22. The number of nitrogens with one attached hydrogen (secondary N) is 1. The lowest BCUT2D eigenvalue weighted by molar-refractivity contribution is 0.256. The highest BCUT2D eigenvalue weighted by Crippen LogP contribution is 2.40. The van der Waals surface area contributed by atoms with Crippen molar-refractivity contribution in [2.75, 3.05) is 6.54 Å². The monoisotopic (exact) mass is 285 g/mol. The molecule has 0 fully saturated rings. The Morgan fingerprint density at radius 2 is 2.06 bits per heavy atom. The molecule has 1 aliphatic rings. The molecule has 2 rings (SSSR count). The van der Waals surface area contributed by atoms with Crippen LogP contribution in [-0.4, -0.2) is 6.54 Å². The maximum absolute atomic E-state index is 14.0. The van der Waals surface area contributed by atoms with Gasteiger partial charge in [0.2, 0.25) is 0 Å². The molecule has 1 N–H and O–H groups in total. The zero-order valence-electron chi connectivity index (χ0n) is 9.90. The fourth-order valence-electron chi connectivity index (χ4n) is 2.36. The molecule has 0 bridgehead atoms. The predicted octanol–water partition coefficient (Wildman–Crippen LogP) is 3.82. The minimum atomic E-state index is -0.0923. The standard InChI is InChI=1S/C13H17BrFN/c1-13(2,3)12-11-8(6-7-16-12)9(14)4-5-10(11)15/h4-5,12,16H,6-7H2,1-3H3. The lowest BCUT2D eigenvalue weighted by Crippen LogP contribution is -2.38. The van der Waals surface area contributed by atoms with E-state index in [9.17, 15) is 4.39 Å². The number of halogens is 2. The summed E-state index contributed by atoms with van der Waals surface area (Å²) in [6.07, 6.45) is 0.889. The summed E-state index contributed by atoms with van der Waals surface area (Å²) < 4.78 is 15.0. The minimum Gasteiger partial charge on any atom is -0.309 e. The fraction of sp³-hybridized carbons (Fsp3) is 0.538. The molecule has 0 saturated heterocycles. The van der Waals surface area contributed by atoms with Gasteiger partial charge in [0.1, 0.15) is 5.82 Å². The van der Waals surface area contributed by atoms with Gasteiger partial charge in [0.05, 0.1) is 0 Å². The number of fused-ring (bicyclic) bond motifs is 1. The summed E-state index contributed by atoms with van der Waals surface area (Å²) in [5.41, 5.74) is 1.99. The van der Waals surface area contributed by atoms with Crippen molar-refractivity contribution in [1.82, 2.24) is 5.32 Å². The number of hydrogen-bond donors (Lipinski definition) is 1. The summed E-state index contributed by atoms with van der Waals surface area (Å²) in [6, 6.07) is 3.45. The summed E-state index contributed by atoms with van der Waals surface area (Å²) in [5.74, 6) is -0.0923. The average molecular weight is 286 g/mol. The Labute approximate surface area is 105 Å². The van der Waals surface area contributed by atoms with E-state index in [2.05, 4.69) is 42.0 Å². The van der Waals surface area contributed by atoms with Crippen LogP contribution in [0.2, 0.25) is 0 Å². The highest BCUT2D eigenvalue weighted by molar-refractivity contribution is 9.10. The van der Waals surface area contributed by atoms with E-state index in [0.29, 0.717) is 0 Å². The molecule has 1 atom stereocenters. The van der Waals surface area contributed by atoms with Crippen molar-refractivity contribution in [3.8, 4) is 0 Å².